The Kier molecular flexibility index (Phi) is 3.32. The summed E-state index contributed by atoms with van der Waals surface area (Å²) in [5.74, 6) is -0.294. The molecule has 2 heterocycles. The molecule has 0 saturated carbocycles. The van der Waals surface area contributed by atoms with Crippen LogP contribution in [-0.4, -0.2) is 30.3 Å². The smallest absolute Gasteiger partial charge is 0.343 e. The highest BCUT2D eigenvalue weighted by Crippen LogP contribution is 2.60. The third kappa shape index (κ3) is 2.35. The van der Waals surface area contributed by atoms with Gasteiger partial charge in [-0.1, -0.05) is 23.7 Å². The quantitative estimate of drug-likeness (QED) is 0.674. The van der Waals surface area contributed by atoms with Gasteiger partial charge < -0.3 is 14.8 Å². The molecule has 1 aromatic rings. The molecule has 2 aliphatic heterocycles. The fourth-order valence-corrected chi connectivity index (χ4v) is 3.15. The molecule has 21 heavy (non-hydrogen) atoms. The van der Waals surface area contributed by atoms with E-state index in [1.165, 1.54) is 0 Å². The van der Waals surface area contributed by atoms with E-state index in [0.717, 1.165) is 18.5 Å². The Hall–Kier alpha value is -1.10. The van der Waals surface area contributed by atoms with Gasteiger partial charge in [0.25, 0.3) is 0 Å². The van der Waals surface area contributed by atoms with Gasteiger partial charge in [-0.15, -0.1) is 0 Å². The van der Waals surface area contributed by atoms with Gasteiger partial charge in [-0.25, -0.2) is 4.79 Å². The lowest BCUT2D eigenvalue weighted by molar-refractivity contribution is -0.161. The van der Waals surface area contributed by atoms with E-state index < -0.39 is 16.8 Å². The van der Waals surface area contributed by atoms with Gasteiger partial charge in [-0.05, 0) is 51.4 Å². The van der Waals surface area contributed by atoms with Crippen molar-refractivity contribution in [2.75, 3.05) is 13.1 Å². The molecule has 0 aliphatic carbocycles. The molecule has 2 aliphatic rings. The number of hydrogen-bond acceptors (Lipinski definition) is 4. The molecule has 3 rings (SSSR count). The highest BCUT2D eigenvalue weighted by atomic mass is 35.5. The van der Waals surface area contributed by atoms with Crippen LogP contribution in [0.5, 0.6) is 0 Å². The summed E-state index contributed by atoms with van der Waals surface area (Å²) in [5.41, 5.74) is -1.03. The lowest BCUT2D eigenvalue weighted by Gasteiger charge is -2.28. The number of fused-ring (bicyclic) bond motifs is 1. The number of halogens is 1. The first kappa shape index (κ1) is 14.8. The Morgan fingerprint density at radius 2 is 2.00 bits per heavy atom. The Bertz CT molecular complexity index is 566. The summed E-state index contributed by atoms with van der Waals surface area (Å²) < 4.78 is 11.6. The molecule has 2 unspecified atom stereocenters. The second-order valence-corrected chi connectivity index (χ2v) is 7.13. The molecule has 0 amide bonds. The molecular weight excluding hydrogens is 290 g/mol. The van der Waals surface area contributed by atoms with Crippen LogP contribution >= 0.6 is 11.6 Å². The monoisotopic (exact) mass is 309 g/mol. The summed E-state index contributed by atoms with van der Waals surface area (Å²) in [6, 6.07) is 7.52. The summed E-state index contributed by atoms with van der Waals surface area (Å²) in [6.07, 6.45) is 0.744. The highest BCUT2D eigenvalue weighted by Gasteiger charge is 2.77. The summed E-state index contributed by atoms with van der Waals surface area (Å²) in [5, 5.41) is 3.91. The molecule has 4 nitrogen and oxygen atoms in total. The van der Waals surface area contributed by atoms with Crippen molar-refractivity contribution >= 4 is 17.6 Å². The normalized spacial score (nSPS) is 31.4. The van der Waals surface area contributed by atoms with Crippen molar-refractivity contribution in [1.82, 2.24) is 5.32 Å². The second kappa shape index (κ2) is 4.70. The van der Waals surface area contributed by atoms with Crippen molar-refractivity contribution in [1.29, 1.82) is 0 Å². The SMILES string of the molecule is CC(C)(C)OC(=O)C12CNCCC1(c1ccc(Cl)cc1)O2. The van der Waals surface area contributed by atoms with Crippen LogP contribution in [0.25, 0.3) is 0 Å². The summed E-state index contributed by atoms with van der Waals surface area (Å²) in [6.45, 7) is 6.89. The second-order valence-electron chi connectivity index (χ2n) is 6.69. The predicted octanol–water partition coefficient (Wildman–Crippen LogP) is 2.64. The Balaban J connectivity index is 1.92. The summed E-state index contributed by atoms with van der Waals surface area (Å²) in [7, 11) is 0. The topological polar surface area (TPSA) is 50.9 Å². The average molecular weight is 310 g/mol. The van der Waals surface area contributed by atoms with Crippen LogP contribution in [0, 0.1) is 0 Å². The number of carbonyl (C=O) groups excluding carboxylic acids is 1. The van der Waals surface area contributed by atoms with E-state index in [2.05, 4.69) is 5.32 Å². The van der Waals surface area contributed by atoms with Gasteiger partial charge in [0.05, 0.1) is 0 Å². The van der Waals surface area contributed by atoms with Crippen LogP contribution < -0.4 is 5.32 Å². The van der Waals surface area contributed by atoms with Crippen LogP contribution in [-0.2, 0) is 19.9 Å². The zero-order chi connectivity index (χ0) is 15.3. The maximum atomic E-state index is 12.6. The van der Waals surface area contributed by atoms with E-state index in [1.807, 2.05) is 45.0 Å². The van der Waals surface area contributed by atoms with E-state index in [9.17, 15) is 4.79 Å². The Morgan fingerprint density at radius 1 is 1.33 bits per heavy atom. The number of ether oxygens (including phenoxy) is 2. The molecule has 2 atom stereocenters. The van der Waals surface area contributed by atoms with Crippen LogP contribution in [0.1, 0.15) is 32.8 Å². The average Bonchev–Trinajstić information content (AvgIpc) is 3.09. The van der Waals surface area contributed by atoms with Crippen LogP contribution in [0.3, 0.4) is 0 Å². The lowest BCUT2D eigenvalue weighted by Crippen LogP contribution is -2.49. The van der Waals surface area contributed by atoms with Gasteiger partial charge >= 0.3 is 5.97 Å². The molecule has 5 heteroatoms. The van der Waals surface area contributed by atoms with E-state index in [1.54, 1.807) is 0 Å². The third-order valence-electron chi connectivity index (χ3n) is 4.03. The third-order valence-corrected chi connectivity index (χ3v) is 4.28. The number of benzene rings is 1. The van der Waals surface area contributed by atoms with Gasteiger partial charge in [0, 0.05) is 11.6 Å². The van der Waals surface area contributed by atoms with Gasteiger partial charge in [0.15, 0.2) is 0 Å². The number of epoxide rings is 1. The largest absolute Gasteiger partial charge is 0.458 e. The number of rotatable bonds is 2. The number of hydrogen-bond donors (Lipinski definition) is 1. The number of nitrogens with one attached hydrogen (secondary N) is 1. The molecular formula is C16H20ClNO3. The number of carbonyl (C=O) groups is 1. The van der Waals surface area contributed by atoms with Gasteiger partial charge in [0.1, 0.15) is 11.2 Å². The maximum Gasteiger partial charge on any atom is 0.343 e. The summed E-state index contributed by atoms with van der Waals surface area (Å²) >= 11 is 5.95. The van der Waals surface area contributed by atoms with E-state index in [0.29, 0.717) is 11.6 Å². The molecule has 2 saturated heterocycles. The van der Waals surface area contributed by atoms with E-state index >= 15 is 0 Å². The minimum Gasteiger partial charge on any atom is -0.458 e. The number of piperidine rings is 1. The molecule has 0 aromatic heterocycles. The van der Waals surface area contributed by atoms with E-state index in [4.69, 9.17) is 21.1 Å². The molecule has 2 fully saturated rings. The minimum absolute atomic E-state index is 0.294. The molecule has 1 aromatic carbocycles. The molecule has 0 radical (unpaired) electrons. The molecule has 1 N–H and O–H groups in total. The van der Waals surface area contributed by atoms with Gasteiger partial charge in [0.2, 0.25) is 5.60 Å². The zero-order valence-electron chi connectivity index (χ0n) is 12.5. The molecule has 114 valence electrons. The zero-order valence-corrected chi connectivity index (χ0v) is 13.3. The predicted molar refractivity (Wildman–Crippen MR) is 80.3 cm³/mol. The van der Waals surface area contributed by atoms with Crippen molar-refractivity contribution in [3.8, 4) is 0 Å². The first-order valence-corrected chi connectivity index (χ1v) is 7.57. The standard InChI is InChI=1S/C16H20ClNO3/c1-14(2,3)20-13(19)16-10-18-9-8-15(16,21-16)11-4-6-12(17)7-5-11/h4-7,18H,8-10H2,1-3H3. The van der Waals surface area contributed by atoms with Crippen LogP contribution in [0.2, 0.25) is 5.02 Å². The Labute approximate surface area is 129 Å². The van der Waals surface area contributed by atoms with Crippen LogP contribution in [0.4, 0.5) is 0 Å². The first-order valence-electron chi connectivity index (χ1n) is 7.20. The van der Waals surface area contributed by atoms with E-state index in [-0.39, 0.29) is 5.97 Å². The fourth-order valence-electron chi connectivity index (χ4n) is 3.03. The van der Waals surface area contributed by atoms with Crippen LogP contribution in [0.15, 0.2) is 24.3 Å². The molecule has 0 spiro atoms. The van der Waals surface area contributed by atoms with Crippen molar-refractivity contribution in [3.63, 3.8) is 0 Å². The lowest BCUT2D eigenvalue weighted by atomic mass is 9.81. The molecule has 0 bridgehead atoms. The fraction of sp³-hybridized carbons (Fsp3) is 0.562. The van der Waals surface area contributed by atoms with Crippen molar-refractivity contribution in [2.45, 2.75) is 44.0 Å². The number of esters is 1. The first-order chi connectivity index (χ1) is 9.79. The van der Waals surface area contributed by atoms with Crippen molar-refractivity contribution in [3.05, 3.63) is 34.9 Å². The highest BCUT2D eigenvalue weighted by molar-refractivity contribution is 6.30. The maximum absolute atomic E-state index is 12.6. The van der Waals surface area contributed by atoms with Gasteiger partial charge in [-0.3, -0.25) is 0 Å². The summed E-state index contributed by atoms with van der Waals surface area (Å²) in [4.78, 5) is 12.6. The van der Waals surface area contributed by atoms with Crippen molar-refractivity contribution in [2.24, 2.45) is 0 Å². The minimum atomic E-state index is -0.910. The van der Waals surface area contributed by atoms with Crippen molar-refractivity contribution < 1.29 is 14.3 Å². The Morgan fingerprint density at radius 3 is 2.62 bits per heavy atom. The van der Waals surface area contributed by atoms with Gasteiger partial charge in [-0.2, -0.15) is 0 Å².